The first kappa shape index (κ1) is 20.4. The van der Waals surface area contributed by atoms with Gasteiger partial charge in [0.2, 0.25) is 0 Å². The zero-order valence-corrected chi connectivity index (χ0v) is 18.9. The average Bonchev–Trinajstić information content (AvgIpc) is 3.19. The van der Waals surface area contributed by atoms with E-state index in [1.165, 1.54) is 0 Å². The number of fused-ring (bicyclic) bond motifs is 1. The lowest BCUT2D eigenvalue weighted by molar-refractivity contribution is 0.0649. The molecule has 4 rings (SSSR count). The van der Waals surface area contributed by atoms with Crippen molar-refractivity contribution in [2.45, 2.75) is 25.9 Å². The van der Waals surface area contributed by atoms with Gasteiger partial charge in [-0.3, -0.25) is 4.79 Å². The van der Waals surface area contributed by atoms with Crippen molar-refractivity contribution in [3.05, 3.63) is 68.8 Å². The third-order valence-corrected chi connectivity index (χ3v) is 7.72. The third kappa shape index (κ3) is 4.22. The van der Waals surface area contributed by atoms with E-state index in [1.807, 2.05) is 31.2 Å². The highest BCUT2D eigenvalue weighted by molar-refractivity contribution is 9.10. The number of benzene rings is 2. The molecular weight excluding hydrogens is 478 g/mol. The number of halogens is 2. The Balaban J connectivity index is 1.74. The van der Waals surface area contributed by atoms with Crippen LogP contribution in [-0.2, 0) is 16.4 Å². The number of amides is 1. The summed E-state index contributed by atoms with van der Waals surface area (Å²) in [7, 11) is -3.15. The van der Waals surface area contributed by atoms with Gasteiger partial charge in [0.25, 0.3) is 5.91 Å². The van der Waals surface area contributed by atoms with Crippen LogP contribution in [0.4, 0.5) is 0 Å². The first-order chi connectivity index (χ1) is 13.7. The van der Waals surface area contributed by atoms with Gasteiger partial charge in [-0.05, 0) is 49.2 Å². The fourth-order valence-electron chi connectivity index (χ4n) is 3.75. The lowest BCUT2D eigenvalue weighted by Crippen LogP contribution is -2.40. The van der Waals surface area contributed by atoms with Gasteiger partial charge >= 0.3 is 0 Å². The van der Waals surface area contributed by atoms with Crippen molar-refractivity contribution in [3.8, 4) is 0 Å². The highest BCUT2D eigenvalue weighted by atomic mass is 79.9. The van der Waals surface area contributed by atoms with Crippen molar-refractivity contribution in [3.63, 3.8) is 0 Å². The Bertz CT molecular complexity index is 1200. The summed E-state index contributed by atoms with van der Waals surface area (Å²) in [5.74, 6) is -0.0228. The van der Waals surface area contributed by atoms with Crippen LogP contribution in [0, 0.1) is 6.92 Å². The average molecular weight is 497 g/mol. The number of rotatable bonds is 4. The number of hydrogen-bond donors (Lipinski definition) is 0. The molecule has 1 aliphatic rings. The molecule has 29 heavy (non-hydrogen) atoms. The van der Waals surface area contributed by atoms with E-state index in [0.29, 0.717) is 29.1 Å². The Morgan fingerprint density at radius 2 is 2.07 bits per heavy atom. The molecule has 0 aliphatic carbocycles. The van der Waals surface area contributed by atoms with Crippen LogP contribution in [0.5, 0.6) is 0 Å². The Hall–Kier alpha value is -1.83. The van der Waals surface area contributed by atoms with E-state index in [1.54, 1.807) is 23.1 Å². The van der Waals surface area contributed by atoms with Gasteiger partial charge in [0, 0.05) is 33.0 Å². The predicted molar refractivity (Wildman–Crippen MR) is 117 cm³/mol. The van der Waals surface area contributed by atoms with Crippen LogP contribution in [0.3, 0.4) is 0 Å². The van der Waals surface area contributed by atoms with Gasteiger partial charge in [-0.25, -0.2) is 8.42 Å². The van der Waals surface area contributed by atoms with E-state index >= 15 is 0 Å². The van der Waals surface area contributed by atoms with Crippen LogP contribution >= 0.6 is 27.5 Å². The summed E-state index contributed by atoms with van der Waals surface area (Å²) >= 11 is 9.54. The molecule has 2 aromatic carbocycles. The highest BCUT2D eigenvalue weighted by Gasteiger charge is 2.36. The normalized spacial score (nSPS) is 18.2. The van der Waals surface area contributed by atoms with E-state index in [9.17, 15) is 13.2 Å². The zero-order valence-electron chi connectivity index (χ0n) is 15.7. The molecule has 5 nitrogen and oxygen atoms in total. The quantitative estimate of drug-likeness (QED) is 0.510. The summed E-state index contributed by atoms with van der Waals surface area (Å²) in [5, 5.41) is 1.34. The minimum Gasteiger partial charge on any atom is -0.451 e. The molecule has 1 atom stereocenters. The van der Waals surface area contributed by atoms with E-state index in [-0.39, 0.29) is 29.2 Å². The molecule has 0 radical (unpaired) electrons. The number of aryl methyl sites for hydroxylation is 1. The fourth-order valence-corrected chi connectivity index (χ4v) is 6.10. The summed E-state index contributed by atoms with van der Waals surface area (Å²) in [5.41, 5.74) is 2.19. The highest BCUT2D eigenvalue weighted by Crippen LogP contribution is 2.31. The molecule has 1 fully saturated rings. The van der Waals surface area contributed by atoms with Gasteiger partial charge in [-0.1, -0.05) is 39.7 Å². The zero-order chi connectivity index (χ0) is 20.8. The number of sulfone groups is 1. The molecule has 1 amide bonds. The van der Waals surface area contributed by atoms with Crippen molar-refractivity contribution < 1.29 is 17.6 Å². The number of carbonyl (C=O) groups excluding carboxylic acids is 1. The monoisotopic (exact) mass is 495 g/mol. The minimum atomic E-state index is -3.15. The first-order valence-electron chi connectivity index (χ1n) is 9.18. The topological polar surface area (TPSA) is 67.6 Å². The van der Waals surface area contributed by atoms with Crippen molar-refractivity contribution in [2.24, 2.45) is 0 Å². The van der Waals surface area contributed by atoms with Crippen LogP contribution in [0.15, 0.2) is 51.4 Å². The van der Waals surface area contributed by atoms with E-state index in [0.717, 1.165) is 15.4 Å². The standard InChI is InChI=1S/C21H19BrClNO4S/c1-13-18-10-16(23)5-6-19(18)28-20(13)21(25)24(17-7-8-29(26,27)12-17)11-14-3-2-4-15(22)9-14/h2-6,9-10,17H,7-8,11-12H2,1H3. The van der Waals surface area contributed by atoms with Crippen LogP contribution in [0.1, 0.15) is 28.1 Å². The van der Waals surface area contributed by atoms with E-state index < -0.39 is 9.84 Å². The lowest BCUT2D eigenvalue weighted by atomic mass is 10.1. The van der Waals surface area contributed by atoms with Crippen LogP contribution < -0.4 is 0 Å². The minimum absolute atomic E-state index is 0.0299. The Morgan fingerprint density at radius 1 is 1.28 bits per heavy atom. The molecule has 0 saturated carbocycles. The largest absolute Gasteiger partial charge is 0.451 e. The molecule has 1 aromatic heterocycles. The molecule has 0 spiro atoms. The summed E-state index contributed by atoms with van der Waals surface area (Å²) < 4.78 is 30.9. The number of furan rings is 1. The second-order valence-corrected chi connectivity index (χ2v) is 10.9. The van der Waals surface area contributed by atoms with Crippen LogP contribution in [-0.4, -0.2) is 36.8 Å². The van der Waals surface area contributed by atoms with Crippen molar-refractivity contribution >= 4 is 54.2 Å². The molecular formula is C21H19BrClNO4S. The number of hydrogen-bond acceptors (Lipinski definition) is 4. The molecule has 1 aliphatic heterocycles. The van der Waals surface area contributed by atoms with Gasteiger partial charge in [0.15, 0.2) is 15.6 Å². The first-order valence-corrected chi connectivity index (χ1v) is 12.2. The predicted octanol–water partition coefficient (Wildman–Crippen LogP) is 4.99. The molecule has 0 bridgehead atoms. The maximum atomic E-state index is 13.5. The summed E-state index contributed by atoms with van der Waals surface area (Å²) in [4.78, 5) is 15.1. The second kappa shape index (κ2) is 7.78. The Labute approximate surface area is 182 Å². The summed E-state index contributed by atoms with van der Waals surface area (Å²) in [6, 6.07) is 12.5. The number of carbonyl (C=O) groups is 1. The second-order valence-electron chi connectivity index (χ2n) is 7.32. The molecule has 3 aromatic rings. The molecule has 1 saturated heterocycles. The smallest absolute Gasteiger partial charge is 0.290 e. The van der Waals surface area contributed by atoms with Gasteiger partial charge < -0.3 is 9.32 Å². The molecule has 0 N–H and O–H groups in total. The van der Waals surface area contributed by atoms with Crippen molar-refractivity contribution in [1.82, 2.24) is 4.90 Å². The Morgan fingerprint density at radius 3 is 2.76 bits per heavy atom. The van der Waals surface area contributed by atoms with E-state index in [4.69, 9.17) is 16.0 Å². The fraction of sp³-hybridized carbons (Fsp3) is 0.286. The third-order valence-electron chi connectivity index (χ3n) is 5.24. The van der Waals surface area contributed by atoms with Gasteiger partial charge in [0.05, 0.1) is 11.5 Å². The maximum Gasteiger partial charge on any atom is 0.290 e. The van der Waals surface area contributed by atoms with Gasteiger partial charge in [-0.15, -0.1) is 0 Å². The molecule has 152 valence electrons. The molecule has 8 heteroatoms. The van der Waals surface area contributed by atoms with Gasteiger partial charge in [0.1, 0.15) is 5.58 Å². The summed E-state index contributed by atoms with van der Waals surface area (Å²) in [6.07, 6.45) is 0.424. The lowest BCUT2D eigenvalue weighted by Gasteiger charge is -2.28. The summed E-state index contributed by atoms with van der Waals surface area (Å²) in [6.45, 7) is 2.12. The molecule has 1 unspecified atom stereocenters. The SMILES string of the molecule is Cc1c(C(=O)N(Cc2cccc(Br)c2)C2CCS(=O)(=O)C2)oc2ccc(Cl)cc12. The van der Waals surface area contributed by atoms with Crippen molar-refractivity contribution in [1.29, 1.82) is 0 Å². The van der Waals surface area contributed by atoms with Crippen molar-refractivity contribution in [2.75, 3.05) is 11.5 Å². The maximum absolute atomic E-state index is 13.5. The van der Waals surface area contributed by atoms with Crippen LogP contribution in [0.25, 0.3) is 11.0 Å². The number of nitrogens with zero attached hydrogens (tertiary/aromatic N) is 1. The Kier molecular flexibility index (Phi) is 5.48. The van der Waals surface area contributed by atoms with E-state index in [2.05, 4.69) is 15.9 Å². The molecule has 2 heterocycles. The van der Waals surface area contributed by atoms with Gasteiger partial charge in [-0.2, -0.15) is 0 Å². The van der Waals surface area contributed by atoms with Crippen LogP contribution in [0.2, 0.25) is 5.02 Å².